The molecule has 8 heteroatoms. The molecule has 0 aliphatic heterocycles. The van der Waals surface area contributed by atoms with Crippen LogP contribution in [-0.4, -0.2) is 25.8 Å². The summed E-state index contributed by atoms with van der Waals surface area (Å²) in [5.41, 5.74) is -0.179. The van der Waals surface area contributed by atoms with Crippen LogP contribution < -0.4 is 10.1 Å². The average Bonchev–Trinajstić information content (AvgIpc) is 2.34. The van der Waals surface area contributed by atoms with E-state index in [1.165, 1.54) is 32.2 Å². The summed E-state index contributed by atoms with van der Waals surface area (Å²) in [5.74, 6) is -4.53. The van der Waals surface area contributed by atoms with Crippen molar-refractivity contribution in [2.45, 2.75) is 25.1 Å². The molecule has 1 N–H and O–H groups in total. The number of hydrogen-bond donors (Lipinski definition) is 1. The second kappa shape index (κ2) is 6.26. The lowest BCUT2D eigenvalue weighted by atomic mass is 9.99. The van der Waals surface area contributed by atoms with Gasteiger partial charge in [-0.1, -0.05) is 13.0 Å². The zero-order valence-corrected chi connectivity index (χ0v) is 12.3. The molecule has 114 valence electrons. The van der Waals surface area contributed by atoms with Crippen LogP contribution in [0.3, 0.4) is 0 Å². The number of benzene rings is 1. The van der Waals surface area contributed by atoms with Gasteiger partial charge in [0, 0.05) is 0 Å². The summed E-state index contributed by atoms with van der Waals surface area (Å²) in [6.07, 6.45) is -5.63. The highest BCUT2D eigenvalue weighted by atomic mass is 79.9. The maximum atomic E-state index is 13.5. The van der Waals surface area contributed by atoms with E-state index in [1.54, 1.807) is 0 Å². The van der Waals surface area contributed by atoms with Crippen LogP contribution in [0, 0.1) is 0 Å². The minimum atomic E-state index is -5.63. The third-order valence-electron chi connectivity index (χ3n) is 2.66. The zero-order valence-electron chi connectivity index (χ0n) is 10.7. The van der Waals surface area contributed by atoms with E-state index in [4.69, 9.17) is 4.74 Å². The van der Waals surface area contributed by atoms with Crippen molar-refractivity contribution in [3.63, 3.8) is 0 Å². The Balaban J connectivity index is 3.24. The highest BCUT2D eigenvalue weighted by molar-refractivity contribution is 9.10. The van der Waals surface area contributed by atoms with Gasteiger partial charge in [-0.2, -0.15) is 22.0 Å². The molecule has 0 aromatic heterocycles. The van der Waals surface area contributed by atoms with Crippen molar-refractivity contribution in [3.8, 4) is 5.75 Å². The Morgan fingerprint density at radius 1 is 1.25 bits per heavy atom. The number of alkyl halides is 5. The van der Waals surface area contributed by atoms with Crippen molar-refractivity contribution in [2.24, 2.45) is 0 Å². The lowest BCUT2D eigenvalue weighted by Gasteiger charge is -2.29. The number of methoxy groups -OCH3 is 1. The van der Waals surface area contributed by atoms with Crippen LogP contribution in [0.4, 0.5) is 22.0 Å². The standard InChI is InChI=1S/C12H13BrF5NO/c1-3-19-10(11(14,15)12(16,17)18)7-4-5-9(20-2)8(13)6-7/h4-6,10,19H,3H2,1-2H3. The monoisotopic (exact) mass is 361 g/mol. The van der Waals surface area contributed by atoms with Crippen molar-refractivity contribution >= 4 is 15.9 Å². The number of nitrogens with one attached hydrogen (secondary N) is 1. The van der Waals surface area contributed by atoms with Gasteiger partial charge in [0.15, 0.2) is 0 Å². The average molecular weight is 362 g/mol. The molecule has 0 aliphatic rings. The van der Waals surface area contributed by atoms with Crippen LogP contribution >= 0.6 is 15.9 Å². The van der Waals surface area contributed by atoms with Gasteiger partial charge in [-0.25, -0.2) is 0 Å². The van der Waals surface area contributed by atoms with Crippen LogP contribution in [-0.2, 0) is 0 Å². The highest BCUT2D eigenvalue weighted by Gasteiger charge is 2.62. The molecule has 1 aromatic rings. The normalized spacial score (nSPS) is 14.2. The number of ether oxygens (including phenoxy) is 1. The van der Waals surface area contributed by atoms with Crippen molar-refractivity contribution in [1.82, 2.24) is 5.32 Å². The molecule has 0 fully saturated rings. The van der Waals surface area contributed by atoms with Crippen molar-refractivity contribution < 1.29 is 26.7 Å². The van der Waals surface area contributed by atoms with Crippen molar-refractivity contribution in [1.29, 1.82) is 0 Å². The summed E-state index contributed by atoms with van der Waals surface area (Å²) in [7, 11) is 1.37. The molecular weight excluding hydrogens is 349 g/mol. The molecule has 1 unspecified atom stereocenters. The third kappa shape index (κ3) is 3.41. The molecule has 0 bridgehead atoms. The molecule has 0 amide bonds. The molecule has 1 rings (SSSR count). The summed E-state index contributed by atoms with van der Waals surface area (Å²) in [6, 6.07) is 1.54. The van der Waals surface area contributed by atoms with Gasteiger partial charge in [-0.3, -0.25) is 0 Å². The van der Waals surface area contributed by atoms with Gasteiger partial charge in [0.2, 0.25) is 0 Å². The van der Waals surface area contributed by atoms with Crippen LogP contribution in [0.15, 0.2) is 22.7 Å². The summed E-state index contributed by atoms with van der Waals surface area (Å²) in [4.78, 5) is 0. The molecule has 0 saturated carbocycles. The van der Waals surface area contributed by atoms with E-state index < -0.39 is 18.1 Å². The molecule has 2 nitrogen and oxygen atoms in total. The van der Waals surface area contributed by atoms with Gasteiger partial charge >= 0.3 is 12.1 Å². The Morgan fingerprint density at radius 3 is 2.25 bits per heavy atom. The van der Waals surface area contributed by atoms with Gasteiger partial charge in [-0.05, 0) is 40.2 Å². The maximum absolute atomic E-state index is 13.5. The Bertz CT molecular complexity index is 464. The third-order valence-corrected chi connectivity index (χ3v) is 3.28. The minimum Gasteiger partial charge on any atom is -0.496 e. The lowest BCUT2D eigenvalue weighted by molar-refractivity contribution is -0.294. The maximum Gasteiger partial charge on any atom is 0.455 e. The van der Waals surface area contributed by atoms with Gasteiger partial charge in [0.1, 0.15) is 11.8 Å². The first-order valence-corrected chi connectivity index (χ1v) is 6.45. The fourth-order valence-electron chi connectivity index (χ4n) is 1.69. The minimum absolute atomic E-state index is 0.0278. The van der Waals surface area contributed by atoms with Gasteiger partial charge < -0.3 is 10.1 Å². The second-order valence-corrected chi connectivity index (χ2v) is 4.86. The second-order valence-electron chi connectivity index (χ2n) is 4.01. The lowest BCUT2D eigenvalue weighted by Crippen LogP contribution is -2.48. The van der Waals surface area contributed by atoms with Gasteiger partial charge in [0.05, 0.1) is 11.6 Å². The largest absolute Gasteiger partial charge is 0.496 e. The summed E-state index contributed by atoms with van der Waals surface area (Å²) < 4.78 is 69.9. The number of hydrogen-bond acceptors (Lipinski definition) is 2. The fraction of sp³-hybridized carbons (Fsp3) is 0.500. The van der Waals surface area contributed by atoms with Crippen molar-refractivity contribution in [3.05, 3.63) is 28.2 Å². The first-order chi connectivity index (χ1) is 9.15. The van der Waals surface area contributed by atoms with Gasteiger partial charge in [-0.15, -0.1) is 0 Å². The van der Waals surface area contributed by atoms with E-state index in [-0.39, 0.29) is 12.1 Å². The van der Waals surface area contributed by atoms with Crippen LogP contribution in [0.25, 0.3) is 0 Å². The molecule has 0 heterocycles. The quantitative estimate of drug-likeness (QED) is 0.789. The topological polar surface area (TPSA) is 21.3 Å². The predicted octanol–water partition coefficient (Wildman–Crippen LogP) is 4.31. The molecule has 0 aliphatic carbocycles. The zero-order chi connectivity index (χ0) is 15.6. The van der Waals surface area contributed by atoms with Gasteiger partial charge in [0.25, 0.3) is 0 Å². The number of rotatable bonds is 5. The number of halogens is 6. The van der Waals surface area contributed by atoms with E-state index in [1.807, 2.05) is 0 Å². The van der Waals surface area contributed by atoms with Crippen LogP contribution in [0.2, 0.25) is 0 Å². The molecule has 1 atom stereocenters. The highest BCUT2D eigenvalue weighted by Crippen LogP contribution is 2.45. The Kier molecular flexibility index (Phi) is 5.37. The Hall–Kier alpha value is -0.890. The van der Waals surface area contributed by atoms with Crippen LogP contribution in [0.1, 0.15) is 18.5 Å². The summed E-state index contributed by atoms with van der Waals surface area (Å²) in [6.45, 7) is 1.43. The summed E-state index contributed by atoms with van der Waals surface area (Å²) >= 11 is 3.06. The smallest absolute Gasteiger partial charge is 0.455 e. The van der Waals surface area contributed by atoms with E-state index in [0.717, 1.165) is 0 Å². The first-order valence-electron chi connectivity index (χ1n) is 5.66. The first kappa shape index (κ1) is 17.2. The molecular formula is C12H13BrF5NO. The van der Waals surface area contributed by atoms with E-state index in [2.05, 4.69) is 21.2 Å². The van der Waals surface area contributed by atoms with E-state index in [9.17, 15) is 22.0 Å². The molecule has 20 heavy (non-hydrogen) atoms. The summed E-state index contributed by atoms with van der Waals surface area (Å²) in [5, 5.41) is 2.18. The predicted molar refractivity (Wildman–Crippen MR) is 68.1 cm³/mol. The molecule has 0 radical (unpaired) electrons. The van der Waals surface area contributed by atoms with E-state index in [0.29, 0.717) is 10.2 Å². The van der Waals surface area contributed by atoms with Crippen LogP contribution in [0.5, 0.6) is 5.75 Å². The molecule has 0 spiro atoms. The fourth-order valence-corrected chi connectivity index (χ4v) is 2.24. The molecule has 1 aromatic carbocycles. The Labute approximate surface area is 121 Å². The SMILES string of the molecule is CCNC(c1ccc(OC)c(Br)c1)C(F)(F)C(F)(F)F. The van der Waals surface area contributed by atoms with Crippen molar-refractivity contribution in [2.75, 3.05) is 13.7 Å². The molecule has 0 saturated heterocycles. The Morgan fingerprint density at radius 2 is 1.85 bits per heavy atom. The van der Waals surface area contributed by atoms with E-state index >= 15 is 0 Å².